The number of halogens is 1. The molecule has 1 aromatic heterocycles. The topological polar surface area (TPSA) is 55.1 Å². The number of rotatable bonds is 4. The van der Waals surface area contributed by atoms with Crippen LogP contribution in [0.15, 0.2) is 30.6 Å². The van der Waals surface area contributed by atoms with Gasteiger partial charge in [0.1, 0.15) is 0 Å². The van der Waals surface area contributed by atoms with Gasteiger partial charge in [0.15, 0.2) is 0 Å². The van der Waals surface area contributed by atoms with Crippen molar-refractivity contribution in [3.63, 3.8) is 0 Å². The minimum absolute atomic E-state index is 0.00785. The molecule has 1 N–H and O–H groups in total. The molecule has 0 radical (unpaired) electrons. The van der Waals surface area contributed by atoms with E-state index in [1.165, 1.54) is 0 Å². The first-order valence-corrected chi connectivity index (χ1v) is 6.01. The highest BCUT2D eigenvalue weighted by Crippen LogP contribution is 2.28. The van der Waals surface area contributed by atoms with Crippen LogP contribution in [0, 0.1) is 0 Å². The molecule has 0 fully saturated rings. The molecule has 0 saturated heterocycles. The fourth-order valence-electron chi connectivity index (χ4n) is 1.75. The molecule has 0 amide bonds. The Hall–Kier alpha value is -1.81. The van der Waals surface area contributed by atoms with E-state index in [0.29, 0.717) is 5.02 Å². The number of hydrogen-bond acceptors (Lipinski definition) is 2. The van der Waals surface area contributed by atoms with Crippen LogP contribution in [0.3, 0.4) is 0 Å². The molecule has 94 valence electrons. The van der Waals surface area contributed by atoms with Crippen LogP contribution in [0.5, 0.6) is 0 Å². The Morgan fingerprint density at radius 2 is 2.28 bits per heavy atom. The largest absolute Gasteiger partial charge is 0.481 e. The highest BCUT2D eigenvalue weighted by atomic mass is 35.5. The number of nitrogens with zero attached hydrogens (tertiary/aromatic N) is 2. The molecular formula is C13H13ClN2O2. The summed E-state index contributed by atoms with van der Waals surface area (Å²) < 4.78 is 1.80. The van der Waals surface area contributed by atoms with Crippen molar-refractivity contribution in [3.8, 4) is 11.1 Å². The molecule has 0 atom stereocenters. The number of aliphatic carboxylic acids is 1. The Balaban J connectivity index is 2.39. The van der Waals surface area contributed by atoms with E-state index in [4.69, 9.17) is 16.7 Å². The highest BCUT2D eigenvalue weighted by molar-refractivity contribution is 6.33. The van der Waals surface area contributed by atoms with Gasteiger partial charge in [0.2, 0.25) is 0 Å². The van der Waals surface area contributed by atoms with Gasteiger partial charge in [0.05, 0.1) is 12.6 Å². The summed E-state index contributed by atoms with van der Waals surface area (Å²) in [4.78, 5) is 10.7. The van der Waals surface area contributed by atoms with Gasteiger partial charge in [-0.2, -0.15) is 5.10 Å². The third-order valence-electron chi connectivity index (χ3n) is 2.65. The van der Waals surface area contributed by atoms with Gasteiger partial charge in [-0.15, -0.1) is 0 Å². The molecule has 0 aliphatic heterocycles. The lowest BCUT2D eigenvalue weighted by atomic mass is 10.0. The molecule has 0 spiro atoms. The highest BCUT2D eigenvalue weighted by Gasteiger charge is 2.09. The fraction of sp³-hybridized carbons (Fsp3) is 0.231. The van der Waals surface area contributed by atoms with Crippen molar-refractivity contribution < 1.29 is 9.90 Å². The van der Waals surface area contributed by atoms with Gasteiger partial charge in [-0.05, 0) is 24.6 Å². The van der Waals surface area contributed by atoms with Crippen molar-refractivity contribution in [1.29, 1.82) is 0 Å². The minimum atomic E-state index is -0.854. The Morgan fingerprint density at radius 1 is 1.50 bits per heavy atom. The van der Waals surface area contributed by atoms with Crippen LogP contribution in [-0.4, -0.2) is 20.9 Å². The molecule has 0 unspecified atom stereocenters. The lowest BCUT2D eigenvalue weighted by Gasteiger charge is -2.04. The van der Waals surface area contributed by atoms with Crippen LogP contribution >= 0.6 is 11.6 Å². The van der Waals surface area contributed by atoms with E-state index in [1.807, 2.05) is 13.1 Å². The maximum atomic E-state index is 10.7. The van der Waals surface area contributed by atoms with Crippen LogP contribution < -0.4 is 0 Å². The number of benzene rings is 1. The summed E-state index contributed by atoms with van der Waals surface area (Å²) in [6.07, 6.45) is 3.62. The number of carboxylic acids is 1. The van der Waals surface area contributed by atoms with Gasteiger partial charge in [0, 0.05) is 28.9 Å². The van der Waals surface area contributed by atoms with Gasteiger partial charge in [-0.1, -0.05) is 17.7 Å². The van der Waals surface area contributed by atoms with E-state index >= 15 is 0 Å². The van der Waals surface area contributed by atoms with Crippen LogP contribution in [0.25, 0.3) is 11.1 Å². The predicted molar refractivity (Wildman–Crippen MR) is 69.7 cm³/mol. The van der Waals surface area contributed by atoms with Crippen molar-refractivity contribution in [2.75, 3.05) is 0 Å². The molecule has 2 aromatic rings. The summed E-state index contributed by atoms with van der Waals surface area (Å²) in [6, 6.07) is 5.25. The number of carboxylic acid groups (broad SMARTS) is 1. The second-order valence-electron chi connectivity index (χ2n) is 3.97. The molecule has 18 heavy (non-hydrogen) atoms. The van der Waals surface area contributed by atoms with E-state index in [1.54, 1.807) is 29.1 Å². The van der Waals surface area contributed by atoms with Gasteiger partial charge in [0.25, 0.3) is 0 Å². The lowest BCUT2D eigenvalue weighted by molar-refractivity contribution is -0.136. The third kappa shape index (κ3) is 2.71. The fourth-order valence-corrected chi connectivity index (χ4v) is 1.98. The smallest absolute Gasteiger partial charge is 0.307 e. The SMILES string of the molecule is CCn1cc(-c2cc(CC(=O)O)ccc2Cl)cn1. The Labute approximate surface area is 110 Å². The normalized spacial score (nSPS) is 10.6. The summed E-state index contributed by atoms with van der Waals surface area (Å²) in [5.74, 6) is -0.854. The first-order chi connectivity index (χ1) is 8.60. The Kier molecular flexibility index (Phi) is 3.67. The second kappa shape index (κ2) is 5.23. The molecule has 1 heterocycles. The quantitative estimate of drug-likeness (QED) is 0.924. The summed E-state index contributed by atoms with van der Waals surface area (Å²) in [5, 5.41) is 13.6. The minimum Gasteiger partial charge on any atom is -0.481 e. The maximum Gasteiger partial charge on any atom is 0.307 e. The van der Waals surface area contributed by atoms with E-state index < -0.39 is 5.97 Å². The number of hydrogen-bond donors (Lipinski definition) is 1. The first kappa shape index (κ1) is 12.6. The average molecular weight is 265 g/mol. The number of carbonyl (C=O) groups is 1. The van der Waals surface area contributed by atoms with Crippen molar-refractivity contribution in [2.45, 2.75) is 19.9 Å². The van der Waals surface area contributed by atoms with Crippen LogP contribution in [0.4, 0.5) is 0 Å². The molecule has 0 bridgehead atoms. The van der Waals surface area contributed by atoms with Gasteiger partial charge >= 0.3 is 5.97 Å². The summed E-state index contributed by atoms with van der Waals surface area (Å²) in [7, 11) is 0. The molecule has 5 heteroatoms. The van der Waals surface area contributed by atoms with Crippen molar-refractivity contribution in [2.24, 2.45) is 0 Å². The monoisotopic (exact) mass is 264 g/mol. The first-order valence-electron chi connectivity index (χ1n) is 5.63. The van der Waals surface area contributed by atoms with Crippen LogP contribution in [0.1, 0.15) is 12.5 Å². The molecule has 2 rings (SSSR count). The second-order valence-corrected chi connectivity index (χ2v) is 4.38. The van der Waals surface area contributed by atoms with E-state index in [9.17, 15) is 4.79 Å². The van der Waals surface area contributed by atoms with Crippen molar-refractivity contribution in [1.82, 2.24) is 9.78 Å². The third-order valence-corrected chi connectivity index (χ3v) is 2.98. The number of aromatic nitrogens is 2. The molecular weight excluding hydrogens is 252 g/mol. The summed E-state index contributed by atoms with van der Waals surface area (Å²) >= 11 is 6.14. The van der Waals surface area contributed by atoms with E-state index in [-0.39, 0.29) is 6.42 Å². The predicted octanol–water partition coefficient (Wildman–Crippen LogP) is 2.85. The molecule has 4 nitrogen and oxygen atoms in total. The molecule has 0 saturated carbocycles. The lowest BCUT2D eigenvalue weighted by Crippen LogP contribution is -2.00. The Morgan fingerprint density at radius 3 is 2.89 bits per heavy atom. The number of aryl methyl sites for hydroxylation is 1. The standard InChI is InChI=1S/C13H13ClN2O2/c1-2-16-8-10(7-15-16)11-5-9(6-13(17)18)3-4-12(11)14/h3-5,7-8H,2,6H2,1H3,(H,17,18). The average Bonchev–Trinajstić information content (AvgIpc) is 2.79. The molecule has 1 aromatic carbocycles. The maximum absolute atomic E-state index is 10.7. The van der Waals surface area contributed by atoms with Gasteiger partial charge in [-0.25, -0.2) is 0 Å². The van der Waals surface area contributed by atoms with Gasteiger partial charge < -0.3 is 5.11 Å². The van der Waals surface area contributed by atoms with E-state index in [2.05, 4.69) is 5.10 Å². The zero-order valence-corrected chi connectivity index (χ0v) is 10.7. The van der Waals surface area contributed by atoms with Crippen LogP contribution in [0.2, 0.25) is 5.02 Å². The molecule has 0 aliphatic carbocycles. The van der Waals surface area contributed by atoms with Crippen molar-refractivity contribution >= 4 is 17.6 Å². The zero-order chi connectivity index (χ0) is 13.1. The van der Waals surface area contributed by atoms with E-state index in [0.717, 1.165) is 23.2 Å². The van der Waals surface area contributed by atoms with Gasteiger partial charge in [-0.3, -0.25) is 9.48 Å². The van der Waals surface area contributed by atoms with Crippen molar-refractivity contribution in [3.05, 3.63) is 41.2 Å². The zero-order valence-electron chi connectivity index (χ0n) is 9.93. The molecule has 0 aliphatic rings. The summed E-state index contributed by atoms with van der Waals surface area (Å²) in [6.45, 7) is 2.78. The summed E-state index contributed by atoms with van der Waals surface area (Å²) in [5.41, 5.74) is 2.44. The van der Waals surface area contributed by atoms with Crippen LogP contribution in [-0.2, 0) is 17.8 Å². The Bertz CT molecular complexity index is 578.